The van der Waals surface area contributed by atoms with Crippen LogP contribution >= 0.6 is 0 Å². The van der Waals surface area contributed by atoms with Crippen molar-refractivity contribution < 1.29 is 4.92 Å². The number of nitro groups is 1. The van der Waals surface area contributed by atoms with Crippen LogP contribution in [0.4, 0.5) is 11.4 Å². The van der Waals surface area contributed by atoms with Crippen LogP contribution in [0.1, 0.15) is 12.8 Å². The van der Waals surface area contributed by atoms with E-state index in [0.717, 1.165) is 25.3 Å². The second-order valence-corrected chi connectivity index (χ2v) is 5.05. The number of non-ortho nitro benzene ring substituents is 1. The summed E-state index contributed by atoms with van der Waals surface area (Å²) >= 11 is 0. The summed E-state index contributed by atoms with van der Waals surface area (Å²) in [4.78, 5) is 15.2. The van der Waals surface area contributed by atoms with Crippen molar-refractivity contribution in [3.63, 3.8) is 0 Å². The largest absolute Gasteiger partial charge is 0.369 e. The van der Waals surface area contributed by atoms with E-state index in [0.29, 0.717) is 6.04 Å². The van der Waals surface area contributed by atoms with Crippen LogP contribution < -0.4 is 4.90 Å². The van der Waals surface area contributed by atoms with Crippen LogP contribution in [0.25, 0.3) is 0 Å². The van der Waals surface area contributed by atoms with Gasteiger partial charge in [-0.3, -0.25) is 15.0 Å². The van der Waals surface area contributed by atoms with Crippen molar-refractivity contribution in [2.45, 2.75) is 18.9 Å². The molecule has 0 saturated carbocycles. The van der Waals surface area contributed by atoms with Gasteiger partial charge in [0.05, 0.1) is 4.92 Å². The predicted molar refractivity (Wildman–Crippen MR) is 69.9 cm³/mol. The van der Waals surface area contributed by atoms with E-state index in [9.17, 15) is 10.1 Å². The maximum atomic E-state index is 10.6. The van der Waals surface area contributed by atoms with E-state index in [2.05, 4.69) is 9.80 Å². The lowest BCUT2D eigenvalue weighted by Crippen LogP contribution is -2.50. The molecule has 5 nitrogen and oxygen atoms in total. The fourth-order valence-electron chi connectivity index (χ4n) is 3.01. The van der Waals surface area contributed by atoms with Crippen LogP contribution in [0.15, 0.2) is 24.3 Å². The highest BCUT2D eigenvalue weighted by Gasteiger charge is 2.30. The van der Waals surface area contributed by atoms with E-state index < -0.39 is 0 Å². The Bertz CT molecular complexity index is 446. The minimum absolute atomic E-state index is 0.165. The summed E-state index contributed by atoms with van der Waals surface area (Å²) in [6, 6.07) is 7.59. The van der Waals surface area contributed by atoms with Crippen LogP contribution in [0.5, 0.6) is 0 Å². The topological polar surface area (TPSA) is 49.6 Å². The van der Waals surface area contributed by atoms with E-state index >= 15 is 0 Å². The Hall–Kier alpha value is -1.62. The normalized spacial score (nSPS) is 24.0. The molecule has 2 saturated heterocycles. The Morgan fingerprint density at radius 3 is 2.67 bits per heavy atom. The Labute approximate surface area is 106 Å². The fraction of sp³-hybridized carbons (Fsp3) is 0.538. The average Bonchev–Trinajstić information content (AvgIpc) is 2.86. The van der Waals surface area contributed by atoms with Crippen LogP contribution in [-0.4, -0.2) is 42.0 Å². The lowest BCUT2D eigenvalue weighted by atomic mass is 10.1. The molecule has 0 radical (unpaired) electrons. The second-order valence-electron chi connectivity index (χ2n) is 5.05. The first-order valence-corrected chi connectivity index (χ1v) is 6.47. The van der Waals surface area contributed by atoms with Gasteiger partial charge in [0.15, 0.2) is 0 Å². The monoisotopic (exact) mass is 247 g/mol. The molecule has 96 valence electrons. The van der Waals surface area contributed by atoms with Gasteiger partial charge in [-0.2, -0.15) is 0 Å². The molecule has 0 bridgehead atoms. The van der Waals surface area contributed by atoms with Gasteiger partial charge in [0.2, 0.25) is 0 Å². The van der Waals surface area contributed by atoms with Gasteiger partial charge in [-0.1, -0.05) is 0 Å². The van der Waals surface area contributed by atoms with E-state index in [4.69, 9.17) is 0 Å². The predicted octanol–water partition coefficient (Wildman–Crippen LogP) is 1.88. The van der Waals surface area contributed by atoms with Crippen molar-refractivity contribution in [3.05, 3.63) is 34.4 Å². The smallest absolute Gasteiger partial charge is 0.269 e. The van der Waals surface area contributed by atoms with Crippen molar-refractivity contribution in [2.75, 3.05) is 31.1 Å². The molecule has 1 atom stereocenters. The zero-order valence-electron chi connectivity index (χ0n) is 10.3. The lowest BCUT2D eigenvalue weighted by molar-refractivity contribution is -0.384. The molecule has 5 heteroatoms. The Morgan fingerprint density at radius 2 is 1.94 bits per heavy atom. The van der Waals surface area contributed by atoms with Crippen molar-refractivity contribution in [1.29, 1.82) is 0 Å². The van der Waals surface area contributed by atoms with Crippen molar-refractivity contribution in [3.8, 4) is 0 Å². The summed E-state index contributed by atoms with van der Waals surface area (Å²) < 4.78 is 0. The number of rotatable bonds is 2. The van der Waals surface area contributed by atoms with E-state index in [1.807, 2.05) is 12.1 Å². The van der Waals surface area contributed by atoms with Gasteiger partial charge in [0.25, 0.3) is 5.69 Å². The third-order valence-electron chi connectivity index (χ3n) is 4.01. The summed E-state index contributed by atoms with van der Waals surface area (Å²) in [6.07, 6.45) is 2.59. The molecule has 0 aliphatic carbocycles. The molecule has 0 aromatic heterocycles. The molecule has 2 aliphatic rings. The van der Waals surface area contributed by atoms with E-state index in [1.54, 1.807) is 12.1 Å². The first kappa shape index (κ1) is 11.5. The zero-order valence-corrected chi connectivity index (χ0v) is 10.3. The van der Waals surface area contributed by atoms with Gasteiger partial charge in [0.1, 0.15) is 0 Å². The molecule has 0 spiro atoms. The SMILES string of the molecule is O=[N+]([O-])c1ccc(N2CCN3CCC[C@@H]3C2)cc1. The number of nitrogens with zero attached hydrogens (tertiary/aromatic N) is 3. The first-order valence-electron chi connectivity index (χ1n) is 6.47. The quantitative estimate of drug-likeness (QED) is 0.591. The molecule has 0 unspecified atom stereocenters. The lowest BCUT2D eigenvalue weighted by Gasteiger charge is -2.38. The highest BCUT2D eigenvalue weighted by atomic mass is 16.6. The van der Waals surface area contributed by atoms with Gasteiger partial charge >= 0.3 is 0 Å². The van der Waals surface area contributed by atoms with Gasteiger partial charge in [-0.05, 0) is 31.5 Å². The van der Waals surface area contributed by atoms with Crippen LogP contribution in [-0.2, 0) is 0 Å². The molecule has 2 fully saturated rings. The highest BCUT2D eigenvalue weighted by molar-refractivity contribution is 5.51. The number of benzene rings is 1. The summed E-state index contributed by atoms with van der Waals surface area (Å²) in [6.45, 7) is 4.42. The standard InChI is InChI=1S/C13H17N3O2/c17-16(18)12-5-3-11(4-6-12)15-9-8-14-7-1-2-13(14)10-15/h3-6,13H,1-2,7-10H2/t13-/m1/s1. The molecule has 3 rings (SSSR count). The number of anilines is 1. The Morgan fingerprint density at radius 1 is 1.17 bits per heavy atom. The molecule has 2 heterocycles. The third kappa shape index (κ3) is 2.06. The fourth-order valence-corrected chi connectivity index (χ4v) is 3.01. The molecule has 1 aromatic rings. The molecule has 0 N–H and O–H groups in total. The van der Waals surface area contributed by atoms with Crippen molar-refractivity contribution in [2.24, 2.45) is 0 Å². The van der Waals surface area contributed by atoms with Crippen molar-refractivity contribution >= 4 is 11.4 Å². The average molecular weight is 247 g/mol. The van der Waals surface area contributed by atoms with Crippen LogP contribution in [0, 0.1) is 10.1 Å². The van der Waals surface area contributed by atoms with E-state index in [1.165, 1.54) is 19.4 Å². The molecule has 2 aliphatic heterocycles. The maximum absolute atomic E-state index is 10.6. The summed E-state index contributed by atoms with van der Waals surface area (Å²) in [5, 5.41) is 10.6. The molecule has 0 amide bonds. The maximum Gasteiger partial charge on any atom is 0.269 e. The minimum atomic E-state index is -0.349. The Balaban J connectivity index is 1.73. The van der Waals surface area contributed by atoms with Gasteiger partial charge in [-0.25, -0.2) is 0 Å². The van der Waals surface area contributed by atoms with Gasteiger partial charge in [-0.15, -0.1) is 0 Å². The third-order valence-corrected chi connectivity index (χ3v) is 4.01. The van der Waals surface area contributed by atoms with Crippen LogP contribution in [0.2, 0.25) is 0 Å². The van der Waals surface area contributed by atoms with Gasteiger partial charge in [0, 0.05) is 43.5 Å². The molecular weight excluding hydrogens is 230 g/mol. The van der Waals surface area contributed by atoms with Crippen LogP contribution in [0.3, 0.4) is 0 Å². The summed E-state index contributed by atoms with van der Waals surface area (Å²) in [5.74, 6) is 0. The summed E-state index contributed by atoms with van der Waals surface area (Å²) in [5.41, 5.74) is 1.27. The van der Waals surface area contributed by atoms with Crippen molar-refractivity contribution in [1.82, 2.24) is 4.90 Å². The Kier molecular flexibility index (Phi) is 2.91. The van der Waals surface area contributed by atoms with Gasteiger partial charge < -0.3 is 4.90 Å². The number of nitro benzene ring substituents is 1. The number of hydrogen-bond donors (Lipinski definition) is 0. The molecule has 18 heavy (non-hydrogen) atoms. The van der Waals surface area contributed by atoms with E-state index in [-0.39, 0.29) is 10.6 Å². The number of fused-ring (bicyclic) bond motifs is 1. The number of piperazine rings is 1. The first-order chi connectivity index (χ1) is 8.74. The molecular formula is C13H17N3O2. The minimum Gasteiger partial charge on any atom is -0.369 e. The zero-order chi connectivity index (χ0) is 12.5. The molecule has 1 aromatic carbocycles. The highest BCUT2D eigenvalue weighted by Crippen LogP contribution is 2.26. The second kappa shape index (κ2) is 4.57. The summed E-state index contributed by atoms with van der Waals surface area (Å²) in [7, 11) is 0. The number of hydrogen-bond acceptors (Lipinski definition) is 4.